The van der Waals surface area contributed by atoms with Gasteiger partial charge in [0.15, 0.2) is 0 Å². The van der Waals surface area contributed by atoms with Crippen LogP contribution in [0.2, 0.25) is 5.02 Å². The average Bonchev–Trinajstić information content (AvgIpc) is 2.76. The van der Waals surface area contributed by atoms with Crippen molar-refractivity contribution in [1.82, 2.24) is 14.7 Å². The van der Waals surface area contributed by atoms with E-state index in [1.165, 1.54) is 0 Å². The molecule has 0 unspecified atom stereocenters. The van der Waals surface area contributed by atoms with Gasteiger partial charge in [0, 0.05) is 37.1 Å². The van der Waals surface area contributed by atoms with Crippen molar-refractivity contribution in [2.24, 2.45) is 5.92 Å². The van der Waals surface area contributed by atoms with Crippen molar-refractivity contribution in [2.45, 2.75) is 37.7 Å². The fraction of sp³-hybridized carbons (Fsp3) is 0.652. The summed E-state index contributed by atoms with van der Waals surface area (Å²) in [5, 5.41) is 0.679. The Labute approximate surface area is 184 Å². The second-order valence-electron chi connectivity index (χ2n) is 9.05. The zero-order valence-electron chi connectivity index (χ0n) is 17.8. The predicted octanol–water partition coefficient (Wildman–Crippen LogP) is 2.44. The molecule has 4 rings (SSSR count). The highest BCUT2D eigenvalue weighted by molar-refractivity contribution is 6.30. The number of rotatable bonds is 3. The van der Waals surface area contributed by atoms with E-state index in [0.29, 0.717) is 37.0 Å². The number of amides is 2. The van der Waals surface area contributed by atoms with Crippen LogP contribution >= 0.6 is 11.6 Å². The largest absolute Gasteiger partial charge is 0.371 e. The molecule has 3 fully saturated rings. The number of hydrogen-bond acceptors (Lipinski definition) is 4. The van der Waals surface area contributed by atoms with E-state index >= 15 is 0 Å². The second-order valence-corrected chi connectivity index (χ2v) is 9.49. The first kappa shape index (κ1) is 21.6. The van der Waals surface area contributed by atoms with Crippen LogP contribution in [0.25, 0.3) is 0 Å². The summed E-state index contributed by atoms with van der Waals surface area (Å²) in [6, 6.07) is 7.46. The summed E-state index contributed by atoms with van der Waals surface area (Å²) in [4.78, 5) is 32.0. The molecule has 3 saturated heterocycles. The lowest BCUT2D eigenvalue weighted by atomic mass is 9.87. The SMILES string of the molecule is CN1CCC(C(=O)N2CCC3(CC2)CN(C(=O)Cc2ccc(Cl)cc2)CCO3)CC1. The van der Waals surface area contributed by atoms with Gasteiger partial charge in [0.1, 0.15) is 0 Å². The monoisotopic (exact) mass is 433 g/mol. The van der Waals surface area contributed by atoms with E-state index in [9.17, 15) is 9.59 Å². The van der Waals surface area contributed by atoms with Gasteiger partial charge in [-0.15, -0.1) is 0 Å². The Morgan fingerprint density at radius 2 is 1.70 bits per heavy atom. The van der Waals surface area contributed by atoms with Gasteiger partial charge in [-0.25, -0.2) is 0 Å². The summed E-state index contributed by atoms with van der Waals surface area (Å²) in [5.74, 6) is 0.606. The normalized spacial score (nSPS) is 23.0. The number of nitrogens with zero attached hydrogens (tertiary/aromatic N) is 3. The third-order valence-electron chi connectivity index (χ3n) is 6.92. The molecule has 0 bridgehead atoms. The third kappa shape index (κ3) is 4.98. The standard InChI is InChI=1S/C23H32ClN3O3/c1-25-10-6-19(7-11-25)22(29)26-12-8-23(9-13-26)17-27(14-15-30-23)21(28)16-18-2-4-20(24)5-3-18/h2-5,19H,6-17H2,1H3. The predicted molar refractivity (Wildman–Crippen MR) is 116 cm³/mol. The minimum Gasteiger partial charge on any atom is -0.371 e. The summed E-state index contributed by atoms with van der Waals surface area (Å²) >= 11 is 5.94. The van der Waals surface area contributed by atoms with E-state index in [1.54, 1.807) is 0 Å². The molecule has 2 amide bonds. The van der Waals surface area contributed by atoms with Crippen LogP contribution in [-0.4, -0.2) is 85.0 Å². The van der Waals surface area contributed by atoms with Gasteiger partial charge in [-0.3, -0.25) is 9.59 Å². The van der Waals surface area contributed by atoms with Gasteiger partial charge in [-0.2, -0.15) is 0 Å². The van der Waals surface area contributed by atoms with Crippen LogP contribution in [0.5, 0.6) is 0 Å². The number of halogens is 1. The lowest BCUT2D eigenvalue weighted by molar-refractivity contribution is -0.164. The molecular weight excluding hydrogens is 402 g/mol. The summed E-state index contributed by atoms with van der Waals surface area (Å²) in [5.41, 5.74) is 0.667. The Morgan fingerprint density at radius 1 is 1.03 bits per heavy atom. The molecule has 0 N–H and O–H groups in total. The fourth-order valence-electron chi connectivity index (χ4n) is 4.90. The van der Waals surface area contributed by atoms with E-state index in [0.717, 1.165) is 57.4 Å². The summed E-state index contributed by atoms with van der Waals surface area (Å²) in [6.07, 6.45) is 3.90. The number of morpholine rings is 1. The maximum atomic E-state index is 12.9. The van der Waals surface area contributed by atoms with E-state index in [2.05, 4.69) is 11.9 Å². The molecule has 3 heterocycles. The van der Waals surface area contributed by atoms with Crippen LogP contribution in [0.3, 0.4) is 0 Å². The van der Waals surface area contributed by atoms with Gasteiger partial charge in [0.2, 0.25) is 11.8 Å². The molecule has 0 radical (unpaired) electrons. The van der Waals surface area contributed by atoms with Gasteiger partial charge in [0.05, 0.1) is 18.6 Å². The summed E-state index contributed by atoms with van der Waals surface area (Å²) in [6.45, 7) is 5.27. The molecule has 1 spiro atoms. The molecule has 30 heavy (non-hydrogen) atoms. The minimum atomic E-state index is -0.308. The topological polar surface area (TPSA) is 53.1 Å². The Hall–Kier alpha value is -1.63. The maximum absolute atomic E-state index is 12.9. The Balaban J connectivity index is 1.30. The van der Waals surface area contributed by atoms with Crippen molar-refractivity contribution in [3.63, 3.8) is 0 Å². The van der Waals surface area contributed by atoms with Crippen LogP contribution < -0.4 is 0 Å². The number of benzene rings is 1. The number of piperidine rings is 2. The molecule has 1 aromatic rings. The molecule has 164 valence electrons. The van der Waals surface area contributed by atoms with Gasteiger partial charge in [0.25, 0.3) is 0 Å². The lowest BCUT2D eigenvalue weighted by Crippen LogP contribution is -2.59. The van der Waals surface area contributed by atoms with E-state index in [1.807, 2.05) is 34.1 Å². The van der Waals surface area contributed by atoms with Crippen LogP contribution in [0.15, 0.2) is 24.3 Å². The minimum absolute atomic E-state index is 0.129. The molecule has 0 aromatic heterocycles. The van der Waals surface area contributed by atoms with Crippen molar-refractivity contribution < 1.29 is 14.3 Å². The van der Waals surface area contributed by atoms with Gasteiger partial charge in [-0.1, -0.05) is 23.7 Å². The first-order valence-electron chi connectivity index (χ1n) is 11.1. The van der Waals surface area contributed by atoms with Crippen molar-refractivity contribution in [1.29, 1.82) is 0 Å². The molecule has 6 nitrogen and oxygen atoms in total. The van der Waals surface area contributed by atoms with Gasteiger partial charge in [-0.05, 0) is 63.5 Å². The molecule has 0 saturated carbocycles. The van der Waals surface area contributed by atoms with E-state index in [4.69, 9.17) is 16.3 Å². The van der Waals surface area contributed by atoms with Crippen LogP contribution in [0.4, 0.5) is 0 Å². The number of likely N-dealkylation sites (tertiary alicyclic amines) is 2. The molecule has 0 atom stereocenters. The molecule has 3 aliphatic heterocycles. The van der Waals surface area contributed by atoms with Crippen molar-refractivity contribution in [2.75, 3.05) is 52.9 Å². The molecule has 3 aliphatic rings. The van der Waals surface area contributed by atoms with E-state index < -0.39 is 0 Å². The van der Waals surface area contributed by atoms with Crippen LogP contribution in [0, 0.1) is 5.92 Å². The molecular formula is C23H32ClN3O3. The number of hydrogen-bond donors (Lipinski definition) is 0. The van der Waals surface area contributed by atoms with Gasteiger partial charge >= 0.3 is 0 Å². The first-order valence-corrected chi connectivity index (χ1v) is 11.5. The highest BCUT2D eigenvalue weighted by atomic mass is 35.5. The van der Waals surface area contributed by atoms with Gasteiger partial charge < -0.3 is 19.4 Å². The van der Waals surface area contributed by atoms with Crippen LogP contribution in [-0.2, 0) is 20.7 Å². The number of carbonyl (C=O) groups is 2. The zero-order chi connectivity index (χ0) is 21.1. The van der Waals surface area contributed by atoms with Crippen molar-refractivity contribution in [3.05, 3.63) is 34.9 Å². The third-order valence-corrected chi connectivity index (χ3v) is 7.18. The zero-order valence-corrected chi connectivity index (χ0v) is 18.6. The highest BCUT2D eigenvalue weighted by Gasteiger charge is 2.42. The number of carbonyl (C=O) groups excluding carboxylic acids is 2. The molecule has 7 heteroatoms. The fourth-order valence-corrected chi connectivity index (χ4v) is 5.02. The molecule has 0 aliphatic carbocycles. The smallest absolute Gasteiger partial charge is 0.227 e. The van der Waals surface area contributed by atoms with E-state index in [-0.39, 0.29) is 17.4 Å². The maximum Gasteiger partial charge on any atom is 0.227 e. The second kappa shape index (κ2) is 9.25. The Morgan fingerprint density at radius 3 is 2.37 bits per heavy atom. The first-order chi connectivity index (χ1) is 14.4. The van der Waals surface area contributed by atoms with Crippen molar-refractivity contribution in [3.8, 4) is 0 Å². The summed E-state index contributed by atoms with van der Waals surface area (Å²) in [7, 11) is 2.12. The van der Waals surface area contributed by atoms with Crippen molar-refractivity contribution >= 4 is 23.4 Å². The lowest BCUT2D eigenvalue weighted by Gasteiger charge is -2.48. The van der Waals surface area contributed by atoms with Crippen LogP contribution in [0.1, 0.15) is 31.2 Å². The Bertz CT molecular complexity index is 753. The Kier molecular flexibility index (Phi) is 6.66. The quantitative estimate of drug-likeness (QED) is 0.734. The molecule has 1 aromatic carbocycles. The average molecular weight is 434 g/mol. The highest BCUT2D eigenvalue weighted by Crippen LogP contribution is 2.32. The number of ether oxygens (including phenoxy) is 1. The summed E-state index contributed by atoms with van der Waals surface area (Å²) < 4.78 is 6.18.